The molecule has 1 heterocycles. The number of hydrogen-bond donors (Lipinski definition) is 0. The average Bonchev–Trinajstić information content (AvgIpc) is 3.46. The lowest BCUT2D eigenvalue weighted by atomic mass is 9.85. The van der Waals surface area contributed by atoms with Crippen LogP contribution in [0.15, 0.2) is 65.8 Å². The number of benzene rings is 2. The molecule has 2 aromatic rings. The SMILES string of the molecule is O=C1[C@H]2[C@H](C(=O)N1/N=C\c1ccc(OCc3ccc([N+](=O)[O-])cc3)cc1)[C@H]1C=C[C@H]2C1. The molecule has 2 aromatic carbocycles. The van der Waals surface area contributed by atoms with E-state index in [4.69, 9.17) is 4.74 Å². The number of hydrazone groups is 1. The Balaban J connectivity index is 1.20. The molecule has 0 aromatic heterocycles. The van der Waals surface area contributed by atoms with Crippen LogP contribution < -0.4 is 4.74 Å². The van der Waals surface area contributed by atoms with Gasteiger partial charge in [-0.05, 0) is 65.8 Å². The molecule has 0 radical (unpaired) electrons. The van der Waals surface area contributed by atoms with Gasteiger partial charge in [0.2, 0.25) is 0 Å². The Morgan fingerprint density at radius 3 is 2.19 bits per heavy atom. The first-order valence-corrected chi connectivity index (χ1v) is 10.1. The lowest BCUT2D eigenvalue weighted by molar-refractivity contribution is -0.384. The summed E-state index contributed by atoms with van der Waals surface area (Å²) in [6.07, 6.45) is 6.51. The minimum Gasteiger partial charge on any atom is -0.489 e. The van der Waals surface area contributed by atoms with Gasteiger partial charge in [-0.2, -0.15) is 10.1 Å². The Labute approximate surface area is 178 Å². The van der Waals surface area contributed by atoms with Crippen LogP contribution in [0.4, 0.5) is 5.69 Å². The average molecular weight is 417 g/mol. The first-order valence-electron chi connectivity index (χ1n) is 10.1. The number of nitrogens with zero attached hydrogens (tertiary/aromatic N) is 3. The van der Waals surface area contributed by atoms with Crippen molar-refractivity contribution in [2.45, 2.75) is 13.0 Å². The van der Waals surface area contributed by atoms with E-state index in [0.717, 1.165) is 22.6 Å². The fraction of sp³-hybridized carbons (Fsp3) is 0.261. The maximum Gasteiger partial charge on any atom is 0.269 e. The van der Waals surface area contributed by atoms with Crippen LogP contribution in [0, 0.1) is 33.8 Å². The molecule has 4 atom stereocenters. The minimum atomic E-state index is -0.443. The molecule has 2 bridgehead atoms. The molecule has 8 nitrogen and oxygen atoms in total. The number of carbonyl (C=O) groups is 2. The number of imide groups is 1. The molecular formula is C23H19N3O5. The summed E-state index contributed by atoms with van der Waals surface area (Å²) < 4.78 is 5.70. The maximum absolute atomic E-state index is 12.6. The van der Waals surface area contributed by atoms with Gasteiger partial charge in [-0.25, -0.2) is 0 Å². The lowest BCUT2D eigenvalue weighted by Gasteiger charge is -2.13. The van der Waals surface area contributed by atoms with Gasteiger partial charge in [0.15, 0.2) is 0 Å². The normalized spacial score (nSPS) is 26.1. The number of ether oxygens (including phenoxy) is 1. The van der Waals surface area contributed by atoms with Gasteiger partial charge in [-0.1, -0.05) is 12.2 Å². The van der Waals surface area contributed by atoms with Crippen molar-refractivity contribution < 1.29 is 19.2 Å². The van der Waals surface area contributed by atoms with E-state index in [1.54, 1.807) is 36.4 Å². The summed E-state index contributed by atoms with van der Waals surface area (Å²) in [6.45, 7) is 0.279. The molecular weight excluding hydrogens is 398 g/mol. The fourth-order valence-corrected chi connectivity index (χ4v) is 4.66. The van der Waals surface area contributed by atoms with Crippen molar-refractivity contribution in [1.29, 1.82) is 0 Å². The lowest BCUT2D eigenvalue weighted by Crippen LogP contribution is -2.28. The first kappa shape index (κ1) is 19.2. The van der Waals surface area contributed by atoms with Crippen molar-refractivity contribution in [2.24, 2.45) is 28.8 Å². The van der Waals surface area contributed by atoms with Gasteiger partial charge in [0, 0.05) is 12.1 Å². The molecule has 31 heavy (non-hydrogen) atoms. The second-order valence-corrected chi connectivity index (χ2v) is 8.01. The zero-order valence-corrected chi connectivity index (χ0v) is 16.5. The highest BCUT2D eigenvalue weighted by Gasteiger charge is 2.59. The van der Waals surface area contributed by atoms with Crippen LogP contribution in [-0.2, 0) is 16.2 Å². The van der Waals surface area contributed by atoms with Crippen molar-refractivity contribution in [3.8, 4) is 5.75 Å². The Kier molecular flexibility index (Phi) is 4.62. The molecule has 3 aliphatic rings. The van der Waals surface area contributed by atoms with E-state index < -0.39 is 4.92 Å². The van der Waals surface area contributed by atoms with Crippen LogP contribution in [0.3, 0.4) is 0 Å². The molecule has 2 fully saturated rings. The number of fused-ring (bicyclic) bond motifs is 5. The fourth-order valence-electron chi connectivity index (χ4n) is 4.66. The Morgan fingerprint density at radius 1 is 1.00 bits per heavy atom. The number of rotatable bonds is 6. The van der Waals surface area contributed by atoms with Crippen LogP contribution in [0.2, 0.25) is 0 Å². The van der Waals surface area contributed by atoms with E-state index in [1.165, 1.54) is 18.3 Å². The topological polar surface area (TPSA) is 102 Å². The highest BCUT2D eigenvalue weighted by atomic mass is 16.6. The molecule has 1 saturated carbocycles. The van der Waals surface area contributed by atoms with Crippen LogP contribution in [0.5, 0.6) is 5.75 Å². The second kappa shape index (κ2) is 7.46. The summed E-state index contributed by atoms with van der Waals surface area (Å²) >= 11 is 0. The van der Waals surface area contributed by atoms with Gasteiger partial charge in [-0.3, -0.25) is 19.7 Å². The highest BCUT2D eigenvalue weighted by Crippen LogP contribution is 2.52. The molecule has 0 unspecified atom stereocenters. The van der Waals surface area contributed by atoms with E-state index in [2.05, 4.69) is 17.3 Å². The van der Waals surface area contributed by atoms with Crippen LogP contribution in [0.25, 0.3) is 0 Å². The van der Waals surface area contributed by atoms with E-state index in [-0.39, 0.29) is 47.8 Å². The molecule has 1 aliphatic heterocycles. The van der Waals surface area contributed by atoms with Crippen LogP contribution >= 0.6 is 0 Å². The number of amides is 2. The first-order chi connectivity index (χ1) is 15.0. The smallest absolute Gasteiger partial charge is 0.269 e. The van der Waals surface area contributed by atoms with Gasteiger partial charge in [0.25, 0.3) is 17.5 Å². The predicted octanol–water partition coefficient (Wildman–Crippen LogP) is 3.31. The number of nitro groups is 1. The Hall–Kier alpha value is -3.81. The van der Waals surface area contributed by atoms with Crippen molar-refractivity contribution in [3.05, 3.63) is 81.9 Å². The zero-order valence-electron chi connectivity index (χ0n) is 16.5. The van der Waals surface area contributed by atoms with Crippen molar-refractivity contribution in [3.63, 3.8) is 0 Å². The standard InChI is InChI=1S/C23H19N3O5/c27-22-20-16-5-6-17(11-16)21(20)23(28)25(22)24-12-14-3-9-19(10-4-14)31-13-15-1-7-18(8-2-15)26(29)30/h1-10,12,16-17,20-21H,11,13H2/b24-12-/t16-,17-,20+,21+/m0/s1. The summed E-state index contributed by atoms with van der Waals surface area (Å²) in [5.74, 6) is 0.0423. The highest BCUT2D eigenvalue weighted by molar-refractivity contribution is 6.06. The Morgan fingerprint density at radius 2 is 1.61 bits per heavy atom. The molecule has 1 saturated heterocycles. The van der Waals surface area contributed by atoms with Crippen molar-refractivity contribution in [1.82, 2.24) is 5.01 Å². The van der Waals surface area contributed by atoms with Gasteiger partial charge in [-0.15, -0.1) is 0 Å². The maximum atomic E-state index is 12.6. The molecule has 8 heteroatoms. The Bertz CT molecular complexity index is 1080. The summed E-state index contributed by atoms with van der Waals surface area (Å²) in [5.41, 5.74) is 1.59. The third-order valence-corrected chi connectivity index (χ3v) is 6.20. The van der Waals surface area contributed by atoms with Crippen LogP contribution in [0.1, 0.15) is 17.5 Å². The summed E-state index contributed by atoms with van der Waals surface area (Å²) in [7, 11) is 0. The van der Waals surface area contributed by atoms with E-state index in [1.807, 2.05) is 0 Å². The van der Waals surface area contributed by atoms with E-state index in [0.29, 0.717) is 5.75 Å². The number of non-ortho nitro benzene ring substituents is 1. The van der Waals surface area contributed by atoms with Gasteiger partial charge in [0.05, 0.1) is 23.0 Å². The van der Waals surface area contributed by atoms with Crippen LogP contribution in [-0.4, -0.2) is 28.0 Å². The largest absolute Gasteiger partial charge is 0.489 e. The van der Waals surface area contributed by atoms with Gasteiger partial charge < -0.3 is 4.74 Å². The quantitative estimate of drug-likeness (QED) is 0.236. The number of allylic oxidation sites excluding steroid dienone is 2. The van der Waals surface area contributed by atoms with Gasteiger partial charge in [0.1, 0.15) is 12.4 Å². The van der Waals surface area contributed by atoms with E-state index >= 15 is 0 Å². The molecule has 2 amide bonds. The molecule has 2 aliphatic carbocycles. The zero-order chi connectivity index (χ0) is 21.5. The third-order valence-electron chi connectivity index (χ3n) is 6.20. The third kappa shape index (κ3) is 3.39. The monoisotopic (exact) mass is 417 g/mol. The molecule has 5 rings (SSSR count). The number of nitro benzene ring substituents is 1. The molecule has 0 spiro atoms. The van der Waals surface area contributed by atoms with Crippen molar-refractivity contribution >= 4 is 23.7 Å². The van der Waals surface area contributed by atoms with Gasteiger partial charge >= 0.3 is 0 Å². The second-order valence-electron chi connectivity index (χ2n) is 8.01. The van der Waals surface area contributed by atoms with Crippen molar-refractivity contribution in [2.75, 3.05) is 0 Å². The predicted molar refractivity (Wildman–Crippen MR) is 111 cm³/mol. The number of hydrogen-bond acceptors (Lipinski definition) is 6. The van der Waals surface area contributed by atoms with E-state index in [9.17, 15) is 19.7 Å². The minimum absolute atomic E-state index is 0.0369. The summed E-state index contributed by atoms with van der Waals surface area (Å²) in [4.78, 5) is 35.5. The molecule has 0 N–H and O–H groups in total. The summed E-state index contributed by atoms with van der Waals surface area (Å²) in [6, 6.07) is 13.3. The summed E-state index contributed by atoms with van der Waals surface area (Å²) in [5, 5.41) is 15.9. The molecule has 156 valence electrons. The number of carbonyl (C=O) groups excluding carboxylic acids is 2.